The quantitative estimate of drug-likeness (QED) is 0.428. The summed E-state index contributed by atoms with van der Waals surface area (Å²) in [5.41, 5.74) is 8.41. The van der Waals surface area contributed by atoms with Crippen molar-refractivity contribution in [2.75, 3.05) is 38.3 Å². The Labute approximate surface area is 201 Å². The number of hydrogen-bond acceptors (Lipinski definition) is 6. The summed E-state index contributed by atoms with van der Waals surface area (Å²) < 4.78 is 2.92. The second-order valence-corrected chi connectivity index (χ2v) is 8.38. The van der Waals surface area contributed by atoms with Crippen molar-refractivity contribution in [1.29, 1.82) is 0 Å². The number of fused-ring (bicyclic) bond motifs is 1. The summed E-state index contributed by atoms with van der Waals surface area (Å²) in [5.74, 6) is 0.0360. The largest absolute Gasteiger partial charge is 0.382 e. The van der Waals surface area contributed by atoms with Gasteiger partial charge in [0.25, 0.3) is 0 Å². The van der Waals surface area contributed by atoms with Crippen molar-refractivity contribution in [3.05, 3.63) is 82.5 Å². The molecule has 0 aliphatic heterocycles. The van der Waals surface area contributed by atoms with Crippen molar-refractivity contribution in [3.8, 4) is 11.4 Å². The maximum Gasteiger partial charge on any atom is 0.339 e. The third-order valence-corrected chi connectivity index (χ3v) is 5.54. The maximum atomic E-state index is 13.5. The number of aromatic nitrogens is 4. The van der Waals surface area contributed by atoms with Crippen LogP contribution in [0.5, 0.6) is 0 Å². The number of rotatable bonds is 6. The Morgan fingerprint density at radius 2 is 1.62 bits per heavy atom. The molecule has 0 aliphatic carbocycles. The Balaban J connectivity index is 1.75. The Morgan fingerprint density at radius 1 is 1.00 bits per heavy atom. The van der Waals surface area contributed by atoms with Gasteiger partial charge in [-0.1, -0.05) is 17.7 Å². The number of likely N-dealkylation sites (N-methyl/N-ethyl adjacent to an activating group) is 2. The molecule has 0 spiro atoms. The van der Waals surface area contributed by atoms with E-state index in [2.05, 4.69) is 9.97 Å². The highest BCUT2D eigenvalue weighted by molar-refractivity contribution is 6.30. The molecule has 2 N–H and O–H groups in total. The minimum Gasteiger partial charge on any atom is -0.382 e. The maximum absolute atomic E-state index is 13.5. The van der Waals surface area contributed by atoms with Crippen LogP contribution in [0.3, 0.4) is 0 Å². The van der Waals surface area contributed by atoms with Gasteiger partial charge in [-0.2, -0.15) is 0 Å². The predicted molar refractivity (Wildman–Crippen MR) is 135 cm³/mol. The fraction of sp³-hybridized carbons (Fsp3) is 0.167. The van der Waals surface area contributed by atoms with Crippen molar-refractivity contribution >= 4 is 40.2 Å². The number of amides is 1. The molecule has 174 valence electrons. The third kappa shape index (κ3) is 4.43. The van der Waals surface area contributed by atoms with Crippen LogP contribution in [0.15, 0.2) is 71.8 Å². The normalized spacial score (nSPS) is 11.6. The summed E-state index contributed by atoms with van der Waals surface area (Å²) >= 11 is 6.02. The van der Waals surface area contributed by atoms with E-state index in [9.17, 15) is 9.59 Å². The second kappa shape index (κ2) is 9.50. The van der Waals surface area contributed by atoms with E-state index >= 15 is 0 Å². The molecule has 2 aromatic heterocycles. The summed E-state index contributed by atoms with van der Waals surface area (Å²) in [4.78, 5) is 37.9. The molecule has 0 radical (unpaired) electrons. The lowest BCUT2D eigenvalue weighted by atomic mass is 10.2. The molecular weight excluding hydrogens is 454 g/mol. The van der Waals surface area contributed by atoms with Crippen molar-refractivity contribution in [2.45, 2.75) is 0 Å². The molecular formula is C24H24ClN7O2. The van der Waals surface area contributed by atoms with Gasteiger partial charge in [-0.15, -0.1) is 0 Å². The van der Waals surface area contributed by atoms with Crippen LogP contribution in [0.1, 0.15) is 0 Å². The van der Waals surface area contributed by atoms with E-state index in [1.165, 1.54) is 26.4 Å². The molecule has 0 bridgehead atoms. The van der Waals surface area contributed by atoms with Gasteiger partial charge in [-0.3, -0.25) is 9.36 Å². The number of nitrogens with zero attached hydrogens (tertiary/aromatic N) is 6. The summed E-state index contributed by atoms with van der Waals surface area (Å²) in [6.07, 6.45) is 4.67. The highest BCUT2D eigenvalue weighted by Crippen LogP contribution is 2.24. The minimum absolute atomic E-state index is 0.147. The molecule has 0 unspecified atom stereocenters. The standard InChI is InChI=1S/C24H24ClN7O2/c1-29(2)14-4-5-20(33)30(3)17-10-12-19(13-11-17)32-23-21(22(26)27-15-28-23)31(24(32)34)18-8-6-16(25)7-9-18/h4-13,15H,14H2,1-3H3,(H2,26,27,28). The van der Waals surface area contributed by atoms with E-state index in [0.29, 0.717) is 39.8 Å². The Hall–Kier alpha value is -3.95. The lowest BCUT2D eigenvalue weighted by Gasteiger charge is -2.16. The molecule has 4 aromatic rings. The van der Waals surface area contributed by atoms with Crippen LogP contribution in [-0.2, 0) is 4.79 Å². The monoisotopic (exact) mass is 477 g/mol. The van der Waals surface area contributed by atoms with Gasteiger partial charge in [0.1, 0.15) is 11.8 Å². The average Bonchev–Trinajstić information content (AvgIpc) is 3.12. The molecule has 4 rings (SSSR count). The number of hydrogen-bond donors (Lipinski definition) is 1. The lowest BCUT2D eigenvalue weighted by molar-refractivity contribution is -0.113. The zero-order valence-corrected chi connectivity index (χ0v) is 19.8. The van der Waals surface area contributed by atoms with E-state index < -0.39 is 0 Å². The van der Waals surface area contributed by atoms with Crippen LogP contribution < -0.4 is 16.3 Å². The molecule has 0 saturated carbocycles. The Morgan fingerprint density at radius 3 is 2.26 bits per heavy atom. The van der Waals surface area contributed by atoms with E-state index in [1.54, 1.807) is 55.6 Å². The van der Waals surface area contributed by atoms with Crippen LogP contribution in [0.2, 0.25) is 5.02 Å². The first-order valence-electron chi connectivity index (χ1n) is 10.5. The number of benzene rings is 2. The van der Waals surface area contributed by atoms with Crippen molar-refractivity contribution in [3.63, 3.8) is 0 Å². The van der Waals surface area contributed by atoms with Crippen LogP contribution in [-0.4, -0.2) is 57.6 Å². The van der Waals surface area contributed by atoms with Gasteiger partial charge < -0.3 is 15.5 Å². The number of carbonyl (C=O) groups is 1. The second-order valence-electron chi connectivity index (χ2n) is 7.94. The number of imidazole rings is 1. The van der Waals surface area contributed by atoms with Gasteiger partial charge in [-0.25, -0.2) is 19.3 Å². The number of nitrogens with two attached hydrogens (primary N) is 1. The van der Waals surface area contributed by atoms with Gasteiger partial charge in [-0.05, 0) is 62.6 Å². The van der Waals surface area contributed by atoms with E-state index in [-0.39, 0.29) is 17.4 Å². The first-order valence-corrected chi connectivity index (χ1v) is 10.8. The first-order chi connectivity index (χ1) is 16.3. The molecule has 2 heterocycles. The fourth-order valence-corrected chi connectivity index (χ4v) is 3.66. The van der Waals surface area contributed by atoms with Crippen LogP contribution in [0.25, 0.3) is 22.5 Å². The third-order valence-electron chi connectivity index (χ3n) is 5.29. The fourth-order valence-electron chi connectivity index (χ4n) is 3.54. The van der Waals surface area contributed by atoms with E-state index in [0.717, 1.165) is 0 Å². The molecule has 1 amide bonds. The van der Waals surface area contributed by atoms with Gasteiger partial charge >= 0.3 is 5.69 Å². The molecule has 0 saturated heterocycles. The van der Waals surface area contributed by atoms with Crippen LogP contribution >= 0.6 is 11.6 Å². The average molecular weight is 478 g/mol. The zero-order valence-electron chi connectivity index (χ0n) is 19.0. The minimum atomic E-state index is -0.353. The summed E-state index contributed by atoms with van der Waals surface area (Å²) in [6, 6.07) is 13.9. The number of halogens is 1. The number of anilines is 2. The molecule has 9 nitrogen and oxygen atoms in total. The summed E-state index contributed by atoms with van der Waals surface area (Å²) in [6.45, 7) is 0.671. The van der Waals surface area contributed by atoms with E-state index in [4.69, 9.17) is 17.3 Å². The molecule has 2 aromatic carbocycles. The summed E-state index contributed by atoms with van der Waals surface area (Å²) in [7, 11) is 5.56. The molecule has 0 aliphatic rings. The van der Waals surface area contributed by atoms with Gasteiger partial charge in [0.2, 0.25) is 5.91 Å². The Kier molecular flexibility index (Phi) is 6.49. The predicted octanol–water partition coefficient (Wildman–Crippen LogP) is 2.89. The number of carbonyl (C=O) groups excluding carboxylic acids is 1. The molecule has 34 heavy (non-hydrogen) atoms. The summed E-state index contributed by atoms with van der Waals surface area (Å²) in [5, 5.41) is 0.551. The number of nitrogen functional groups attached to an aromatic ring is 1. The van der Waals surface area contributed by atoms with Crippen molar-refractivity contribution < 1.29 is 4.79 Å². The topological polar surface area (TPSA) is 102 Å². The SMILES string of the molecule is CN(C)CC=CC(=O)N(C)c1ccc(-n2c(=O)n(-c3ccc(Cl)cc3)c3c(N)ncnc32)cc1. The lowest BCUT2D eigenvalue weighted by Crippen LogP contribution is -2.25. The zero-order chi connectivity index (χ0) is 24.4. The molecule has 0 atom stereocenters. The van der Waals surface area contributed by atoms with E-state index in [1.807, 2.05) is 25.1 Å². The van der Waals surface area contributed by atoms with Gasteiger partial charge in [0.05, 0.1) is 11.4 Å². The first kappa shape index (κ1) is 23.2. The van der Waals surface area contributed by atoms with Gasteiger partial charge in [0.15, 0.2) is 11.5 Å². The highest BCUT2D eigenvalue weighted by atomic mass is 35.5. The molecule has 0 fully saturated rings. The van der Waals surface area contributed by atoms with Crippen molar-refractivity contribution in [2.24, 2.45) is 0 Å². The Bertz CT molecular complexity index is 1420. The van der Waals surface area contributed by atoms with Crippen molar-refractivity contribution in [1.82, 2.24) is 24.0 Å². The van der Waals surface area contributed by atoms with Gasteiger partial charge in [0, 0.05) is 30.4 Å². The smallest absolute Gasteiger partial charge is 0.339 e. The highest BCUT2D eigenvalue weighted by Gasteiger charge is 2.20. The van der Waals surface area contributed by atoms with Crippen LogP contribution in [0.4, 0.5) is 11.5 Å². The van der Waals surface area contributed by atoms with Crippen LogP contribution in [0, 0.1) is 0 Å². The molecule has 10 heteroatoms.